The Hall–Kier alpha value is -1.14. The highest BCUT2D eigenvalue weighted by molar-refractivity contribution is 6.06. The van der Waals surface area contributed by atoms with Gasteiger partial charge in [0.2, 0.25) is 0 Å². The van der Waals surface area contributed by atoms with E-state index in [1.54, 1.807) is 11.9 Å². The van der Waals surface area contributed by atoms with Crippen LogP contribution in [0.5, 0.6) is 0 Å². The molecule has 6 nitrogen and oxygen atoms in total. The molecule has 0 bridgehead atoms. The van der Waals surface area contributed by atoms with E-state index in [-0.39, 0.29) is 12.0 Å². The third kappa shape index (κ3) is 4.63. The number of carbonyl (C=O) groups excluding carboxylic acids is 1. The maximum Gasteiger partial charge on any atom is 0.257 e. The fourth-order valence-corrected chi connectivity index (χ4v) is 6.43. The first-order valence-corrected chi connectivity index (χ1v) is 12.0. The Bertz CT molecular complexity index is 618. The fraction of sp³-hybridized carbons (Fsp3) is 0.913. The number of aliphatic hydroxyl groups is 1. The molecule has 2 heterocycles. The molecular formula is C23H40N4O2. The lowest BCUT2D eigenvalue weighted by molar-refractivity contribution is -0.131. The Morgan fingerprint density at radius 2 is 1.86 bits per heavy atom. The Labute approximate surface area is 175 Å². The molecule has 0 aromatic heterocycles. The average molecular weight is 405 g/mol. The van der Waals surface area contributed by atoms with E-state index in [0.717, 1.165) is 51.1 Å². The van der Waals surface area contributed by atoms with Crippen molar-refractivity contribution in [2.45, 2.75) is 101 Å². The van der Waals surface area contributed by atoms with Crippen LogP contribution in [0, 0.1) is 11.8 Å². The van der Waals surface area contributed by atoms with Gasteiger partial charge in [-0.1, -0.05) is 44.9 Å². The van der Waals surface area contributed by atoms with Crippen molar-refractivity contribution in [2.75, 3.05) is 20.1 Å². The lowest BCUT2D eigenvalue weighted by atomic mass is 9.74. The van der Waals surface area contributed by atoms with Crippen molar-refractivity contribution in [3.63, 3.8) is 0 Å². The van der Waals surface area contributed by atoms with Crippen molar-refractivity contribution in [2.24, 2.45) is 22.6 Å². The van der Waals surface area contributed by atoms with Gasteiger partial charge in [0.05, 0.1) is 6.10 Å². The van der Waals surface area contributed by atoms with Gasteiger partial charge in [-0.25, -0.2) is 4.99 Å². The van der Waals surface area contributed by atoms with Crippen LogP contribution in [0.1, 0.15) is 83.5 Å². The Balaban J connectivity index is 1.43. The number of nitrogens with two attached hydrogens (primary N) is 1. The van der Waals surface area contributed by atoms with Gasteiger partial charge in [0.1, 0.15) is 5.54 Å². The summed E-state index contributed by atoms with van der Waals surface area (Å²) in [4.78, 5) is 22.1. The second kappa shape index (κ2) is 8.93. The maximum atomic E-state index is 13.3. The van der Waals surface area contributed by atoms with Crippen molar-refractivity contribution in [3.05, 3.63) is 0 Å². The molecule has 6 heteroatoms. The number of rotatable bonds is 6. The van der Waals surface area contributed by atoms with Gasteiger partial charge in [-0.15, -0.1) is 0 Å². The molecule has 0 aromatic rings. The smallest absolute Gasteiger partial charge is 0.257 e. The third-order valence-corrected chi connectivity index (χ3v) is 8.16. The molecule has 0 spiro atoms. The van der Waals surface area contributed by atoms with Crippen LogP contribution in [0.4, 0.5) is 0 Å². The normalized spacial score (nSPS) is 37.3. The van der Waals surface area contributed by atoms with Crippen molar-refractivity contribution < 1.29 is 9.90 Å². The summed E-state index contributed by atoms with van der Waals surface area (Å²) < 4.78 is 0. The predicted octanol–water partition coefficient (Wildman–Crippen LogP) is 2.89. The molecule has 2 saturated carbocycles. The SMILES string of the molecule is CN1C(=O)[C@@](CCC2CCCCC2)(C[C@H]2CCC[C@@H](N3CCC(O)C3)C2)N=C1N. The van der Waals surface area contributed by atoms with Crippen molar-refractivity contribution in [1.29, 1.82) is 0 Å². The topological polar surface area (TPSA) is 82.2 Å². The number of amides is 1. The zero-order chi connectivity index (χ0) is 20.4. The van der Waals surface area contributed by atoms with Gasteiger partial charge >= 0.3 is 0 Å². The van der Waals surface area contributed by atoms with E-state index in [9.17, 15) is 9.90 Å². The highest BCUT2D eigenvalue weighted by Crippen LogP contribution is 2.41. The summed E-state index contributed by atoms with van der Waals surface area (Å²) in [5, 5.41) is 9.93. The molecule has 3 N–H and O–H groups in total. The molecule has 0 aromatic carbocycles. The molecule has 4 atom stereocenters. The van der Waals surface area contributed by atoms with Gasteiger partial charge in [-0.3, -0.25) is 14.6 Å². The van der Waals surface area contributed by atoms with E-state index >= 15 is 0 Å². The largest absolute Gasteiger partial charge is 0.392 e. The number of carbonyl (C=O) groups is 1. The van der Waals surface area contributed by atoms with Gasteiger partial charge in [0, 0.05) is 26.2 Å². The molecule has 2 aliphatic carbocycles. The lowest BCUT2D eigenvalue weighted by Gasteiger charge is -2.38. The van der Waals surface area contributed by atoms with Crippen LogP contribution in [-0.4, -0.2) is 64.6 Å². The van der Waals surface area contributed by atoms with Crippen LogP contribution in [0.2, 0.25) is 0 Å². The number of hydrogen-bond acceptors (Lipinski definition) is 5. The molecule has 4 rings (SSSR count). The molecule has 4 aliphatic rings. The zero-order valence-corrected chi connectivity index (χ0v) is 18.2. The Kier molecular flexibility index (Phi) is 6.50. The van der Waals surface area contributed by atoms with Crippen LogP contribution in [0.3, 0.4) is 0 Å². The minimum Gasteiger partial charge on any atom is -0.392 e. The van der Waals surface area contributed by atoms with Crippen LogP contribution in [-0.2, 0) is 4.79 Å². The number of likely N-dealkylation sites (N-methyl/N-ethyl adjacent to an activating group) is 1. The van der Waals surface area contributed by atoms with Crippen LogP contribution >= 0.6 is 0 Å². The van der Waals surface area contributed by atoms with E-state index in [0.29, 0.717) is 17.9 Å². The van der Waals surface area contributed by atoms with Crippen LogP contribution in [0.25, 0.3) is 0 Å². The molecule has 3 fully saturated rings. The summed E-state index contributed by atoms with van der Waals surface area (Å²) in [5.41, 5.74) is 5.49. The number of aliphatic hydroxyl groups excluding tert-OH is 1. The van der Waals surface area contributed by atoms with E-state index in [1.807, 2.05) is 0 Å². The molecule has 164 valence electrons. The standard InChI is InChI=1S/C23H40N4O2/c1-26-21(29)23(25-22(26)24,12-10-17-6-3-2-4-7-17)15-18-8-5-9-19(14-18)27-13-11-20(28)16-27/h17-20,28H,2-16H2,1H3,(H2,24,25)/t18-,19+,20?,23+/m0/s1. The quantitative estimate of drug-likeness (QED) is 0.713. The summed E-state index contributed by atoms with van der Waals surface area (Å²) in [6.07, 6.45) is 14.9. The van der Waals surface area contributed by atoms with Crippen LogP contribution < -0.4 is 5.73 Å². The number of β-amino-alcohol motifs (C(OH)–C–C–N with tert-alkyl or cyclic N) is 1. The second-order valence-corrected chi connectivity index (χ2v) is 10.2. The number of aliphatic imine (C=N–C) groups is 1. The van der Waals surface area contributed by atoms with Gasteiger partial charge < -0.3 is 10.8 Å². The van der Waals surface area contributed by atoms with Crippen molar-refractivity contribution in [3.8, 4) is 0 Å². The minimum absolute atomic E-state index is 0.115. The number of likely N-dealkylation sites (tertiary alicyclic amines) is 1. The molecule has 1 unspecified atom stereocenters. The molecule has 1 amide bonds. The average Bonchev–Trinajstić information content (AvgIpc) is 3.25. The molecule has 2 aliphatic heterocycles. The van der Waals surface area contributed by atoms with Gasteiger partial charge in [0.25, 0.3) is 5.91 Å². The summed E-state index contributed by atoms with van der Waals surface area (Å²) in [5.74, 6) is 1.78. The second-order valence-electron chi connectivity index (χ2n) is 10.2. The summed E-state index contributed by atoms with van der Waals surface area (Å²) >= 11 is 0. The number of nitrogens with zero attached hydrogens (tertiary/aromatic N) is 3. The summed E-state index contributed by atoms with van der Waals surface area (Å²) in [6.45, 7) is 1.83. The monoisotopic (exact) mass is 404 g/mol. The first-order valence-electron chi connectivity index (χ1n) is 12.0. The third-order valence-electron chi connectivity index (χ3n) is 8.16. The molecule has 1 saturated heterocycles. The highest BCUT2D eigenvalue weighted by Gasteiger charge is 2.48. The van der Waals surface area contributed by atoms with Gasteiger partial charge in [0.15, 0.2) is 5.96 Å². The van der Waals surface area contributed by atoms with E-state index in [4.69, 9.17) is 10.7 Å². The van der Waals surface area contributed by atoms with Crippen molar-refractivity contribution in [1.82, 2.24) is 9.80 Å². The van der Waals surface area contributed by atoms with Crippen molar-refractivity contribution >= 4 is 11.9 Å². The molecular weight excluding hydrogens is 364 g/mol. The first-order chi connectivity index (χ1) is 14.0. The summed E-state index contributed by atoms with van der Waals surface area (Å²) in [7, 11) is 1.78. The maximum absolute atomic E-state index is 13.3. The molecule has 0 radical (unpaired) electrons. The minimum atomic E-state index is -0.632. The Morgan fingerprint density at radius 1 is 1.10 bits per heavy atom. The first kappa shape index (κ1) is 21.1. The number of guanidine groups is 1. The highest BCUT2D eigenvalue weighted by atomic mass is 16.3. The molecule has 29 heavy (non-hydrogen) atoms. The van der Waals surface area contributed by atoms with E-state index in [1.165, 1.54) is 51.4 Å². The Morgan fingerprint density at radius 3 is 2.52 bits per heavy atom. The summed E-state index contributed by atoms with van der Waals surface area (Å²) in [6, 6.07) is 0.553. The van der Waals surface area contributed by atoms with Crippen LogP contribution in [0.15, 0.2) is 4.99 Å². The van der Waals surface area contributed by atoms with E-state index in [2.05, 4.69) is 4.90 Å². The van der Waals surface area contributed by atoms with E-state index < -0.39 is 5.54 Å². The van der Waals surface area contributed by atoms with Gasteiger partial charge in [-0.05, 0) is 50.4 Å². The number of hydrogen-bond donors (Lipinski definition) is 2. The van der Waals surface area contributed by atoms with Gasteiger partial charge in [-0.2, -0.15) is 0 Å². The zero-order valence-electron chi connectivity index (χ0n) is 18.2. The lowest BCUT2D eigenvalue weighted by Crippen LogP contribution is -2.45. The predicted molar refractivity (Wildman–Crippen MR) is 115 cm³/mol. The fourth-order valence-electron chi connectivity index (χ4n) is 6.43.